The van der Waals surface area contributed by atoms with Gasteiger partial charge in [-0.05, 0) is 24.3 Å². The first-order chi connectivity index (χ1) is 16.6. The standard InChI is InChI=1S/C25H27N7O2/c1-29-18-27-21-22(28-32(23(21)25(29)34)20-10-6-3-7-11-20)24(33)26-12-13-30-14-16-31(17-15-30)19-8-4-2-5-9-19/h2-11,18H,12-17H2,1H3,(H,26,33). The SMILES string of the molecule is Cn1cnc2c(C(=O)NCCN3CCN(c4ccccc4)CC3)nn(-c3ccccc3)c2c1=O. The lowest BCUT2D eigenvalue weighted by atomic mass is 10.2. The third kappa shape index (κ3) is 4.29. The summed E-state index contributed by atoms with van der Waals surface area (Å²) in [6.07, 6.45) is 1.42. The highest BCUT2D eigenvalue weighted by atomic mass is 16.2. The van der Waals surface area contributed by atoms with Crippen molar-refractivity contribution >= 4 is 22.6 Å². The number of carbonyl (C=O) groups excluding carboxylic acids is 1. The largest absolute Gasteiger partial charge is 0.369 e. The molecule has 0 unspecified atom stereocenters. The molecule has 1 N–H and O–H groups in total. The second kappa shape index (κ2) is 9.48. The molecule has 5 rings (SSSR count). The highest BCUT2D eigenvalue weighted by molar-refractivity contribution is 6.03. The van der Waals surface area contributed by atoms with Gasteiger partial charge < -0.3 is 14.8 Å². The zero-order valence-corrected chi connectivity index (χ0v) is 19.1. The monoisotopic (exact) mass is 457 g/mol. The van der Waals surface area contributed by atoms with Gasteiger partial charge in [0.25, 0.3) is 11.5 Å². The minimum atomic E-state index is -0.330. The van der Waals surface area contributed by atoms with Crippen LogP contribution in [0.5, 0.6) is 0 Å². The fourth-order valence-electron chi connectivity index (χ4n) is 4.28. The van der Waals surface area contributed by atoms with E-state index in [1.807, 2.05) is 36.4 Å². The van der Waals surface area contributed by atoms with Gasteiger partial charge in [-0.1, -0.05) is 36.4 Å². The molecule has 0 spiro atoms. The van der Waals surface area contributed by atoms with Gasteiger partial charge in [0.1, 0.15) is 5.52 Å². The summed E-state index contributed by atoms with van der Waals surface area (Å²) < 4.78 is 2.89. The molecule has 2 aromatic carbocycles. The third-order valence-electron chi connectivity index (χ3n) is 6.17. The Bertz CT molecular complexity index is 1340. The molecule has 1 amide bonds. The molecule has 3 heterocycles. The maximum absolute atomic E-state index is 13.0. The molecule has 1 aliphatic heterocycles. The van der Waals surface area contributed by atoms with E-state index >= 15 is 0 Å². The van der Waals surface area contributed by atoms with Crippen LogP contribution in [0.1, 0.15) is 10.5 Å². The molecule has 0 saturated carbocycles. The number of benzene rings is 2. The first kappa shape index (κ1) is 21.8. The van der Waals surface area contributed by atoms with E-state index in [9.17, 15) is 9.59 Å². The van der Waals surface area contributed by atoms with Gasteiger partial charge in [0, 0.05) is 52.0 Å². The van der Waals surface area contributed by atoms with Crippen molar-refractivity contribution < 1.29 is 4.79 Å². The van der Waals surface area contributed by atoms with Crippen molar-refractivity contribution in [1.82, 2.24) is 29.5 Å². The molecule has 4 aromatic rings. The van der Waals surface area contributed by atoms with Crippen LogP contribution < -0.4 is 15.8 Å². The smallest absolute Gasteiger partial charge is 0.279 e. The van der Waals surface area contributed by atoms with E-state index in [1.165, 1.54) is 21.3 Å². The number of anilines is 1. The fraction of sp³-hybridized carbons (Fsp3) is 0.280. The summed E-state index contributed by atoms with van der Waals surface area (Å²) in [5, 5.41) is 7.44. The van der Waals surface area contributed by atoms with Gasteiger partial charge in [-0.2, -0.15) is 5.10 Å². The lowest BCUT2D eigenvalue weighted by Gasteiger charge is -2.36. The molecule has 0 radical (unpaired) electrons. The highest BCUT2D eigenvalue weighted by Crippen LogP contribution is 2.18. The van der Waals surface area contributed by atoms with Crippen LogP contribution in [0.2, 0.25) is 0 Å². The lowest BCUT2D eigenvalue weighted by Crippen LogP contribution is -2.48. The van der Waals surface area contributed by atoms with E-state index in [0.29, 0.717) is 23.3 Å². The molecule has 0 bridgehead atoms. The average Bonchev–Trinajstić information content (AvgIpc) is 3.28. The minimum Gasteiger partial charge on any atom is -0.369 e. The molecule has 174 valence electrons. The van der Waals surface area contributed by atoms with E-state index < -0.39 is 0 Å². The van der Waals surface area contributed by atoms with E-state index in [2.05, 4.69) is 49.5 Å². The number of aryl methyl sites for hydroxylation is 1. The van der Waals surface area contributed by atoms with Gasteiger partial charge in [-0.15, -0.1) is 0 Å². The molecule has 34 heavy (non-hydrogen) atoms. The third-order valence-corrected chi connectivity index (χ3v) is 6.17. The summed E-state index contributed by atoms with van der Waals surface area (Å²) in [6.45, 7) is 5.03. The van der Waals surface area contributed by atoms with Crippen LogP contribution in [-0.2, 0) is 7.05 Å². The normalized spacial score (nSPS) is 14.4. The van der Waals surface area contributed by atoms with Crippen LogP contribution in [0.25, 0.3) is 16.7 Å². The number of para-hydroxylation sites is 2. The second-order valence-corrected chi connectivity index (χ2v) is 8.37. The van der Waals surface area contributed by atoms with Crippen LogP contribution in [0, 0.1) is 0 Å². The summed E-state index contributed by atoms with van der Waals surface area (Å²) in [7, 11) is 1.63. The quantitative estimate of drug-likeness (QED) is 0.474. The van der Waals surface area contributed by atoms with Gasteiger partial charge in [0.2, 0.25) is 0 Å². The number of carbonyl (C=O) groups is 1. The van der Waals surface area contributed by atoms with Crippen molar-refractivity contribution in [2.24, 2.45) is 7.05 Å². The van der Waals surface area contributed by atoms with Gasteiger partial charge >= 0.3 is 0 Å². The van der Waals surface area contributed by atoms with E-state index in [4.69, 9.17) is 0 Å². The highest BCUT2D eigenvalue weighted by Gasteiger charge is 2.23. The number of aromatic nitrogens is 4. The van der Waals surface area contributed by atoms with Crippen molar-refractivity contribution in [2.75, 3.05) is 44.2 Å². The molecule has 9 nitrogen and oxygen atoms in total. The Labute approximate surface area is 197 Å². The molecule has 1 saturated heterocycles. The molecular weight excluding hydrogens is 430 g/mol. The summed E-state index contributed by atoms with van der Waals surface area (Å²) in [5.74, 6) is -0.330. The maximum atomic E-state index is 13.0. The van der Waals surface area contributed by atoms with Crippen LogP contribution >= 0.6 is 0 Å². The molecule has 2 aromatic heterocycles. The Balaban J connectivity index is 1.26. The predicted octanol–water partition coefficient (Wildman–Crippen LogP) is 1.67. The Morgan fingerprint density at radius 1 is 0.941 bits per heavy atom. The molecular formula is C25H27N7O2. The second-order valence-electron chi connectivity index (χ2n) is 8.37. The van der Waals surface area contributed by atoms with E-state index in [0.717, 1.165) is 32.7 Å². The van der Waals surface area contributed by atoms with Gasteiger partial charge in [0.05, 0.1) is 12.0 Å². The predicted molar refractivity (Wildman–Crippen MR) is 132 cm³/mol. The van der Waals surface area contributed by atoms with Crippen molar-refractivity contribution in [3.8, 4) is 5.69 Å². The zero-order chi connectivity index (χ0) is 23.5. The van der Waals surface area contributed by atoms with Gasteiger partial charge in [-0.3, -0.25) is 14.5 Å². The Morgan fingerprint density at radius 2 is 1.59 bits per heavy atom. The van der Waals surface area contributed by atoms with E-state index in [1.54, 1.807) is 7.05 Å². The molecule has 0 atom stereocenters. The fourth-order valence-corrected chi connectivity index (χ4v) is 4.28. The van der Waals surface area contributed by atoms with Crippen LogP contribution in [-0.4, -0.2) is 69.4 Å². The number of fused-ring (bicyclic) bond motifs is 1. The summed E-state index contributed by atoms with van der Waals surface area (Å²) >= 11 is 0. The first-order valence-corrected chi connectivity index (χ1v) is 11.4. The van der Waals surface area contributed by atoms with Crippen molar-refractivity contribution in [3.05, 3.63) is 83.0 Å². The van der Waals surface area contributed by atoms with Crippen molar-refractivity contribution in [3.63, 3.8) is 0 Å². The number of nitrogens with zero attached hydrogens (tertiary/aromatic N) is 6. The minimum absolute atomic E-state index is 0.158. The number of piperazine rings is 1. The Kier molecular flexibility index (Phi) is 6.09. The van der Waals surface area contributed by atoms with E-state index in [-0.39, 0.29) is 17.2 Å². The lowest BCUT2D eigenvalue weighted by molar-refractivity contribution is 0.0943. The summed E-state index contributed by atoms with van der Waals surface area (Å²) in [5.41, 5.74) is 2.45. The summed E-state index contributed by atoms with van der Waals surface area (Å²) in [6, 6.07) is 19.7. The van der Waals surface area contributed by atoms with Crippen molar-refractivity contribution in [2.45, 2.75) is 0 Å². The number of hydrogen-bond donors (Lipinski definition) is 1. The topological polar surface area (TPSA) is 88.3 Å². The van der Waals surface area contributed by atoms with Crippen LogP contribution in [0.15, 0.2) is 71.8 Å². The Hall–Kier alpha value is -3.98. The molecule has 9 heteroatoms. The number of rotatable bonds is 6. The average molecular weight is 458 g/mol. The molecule has 1 fully saturated rings. The van der Waals surface area contributed by atoms with Crippen molar-refractivity contribution in [1.29, 1.82) is 0 Å². The Morgan fingerprint density at radius 3 is 2.26 bits per heavy atom. The number of amides is 1. The maximum Gasteiger partial charge on any atom is 0.279 e. The van der Waals surface area contributed by atoms with Gasteiger partial charge in [0.15, 0.2) is 11.2 Å². The van der Waals surface area contributed by atoms with Crippen LogP contribution in [0.4, 0.5) is 5.69 Å². The summed E-state index contributed by atoms with van der Waals surface area (Å²) in [4.78, 5) is 34.9. The zero-order valence-electron chi connectivity index (χ0n) is 19.1. The first-order valence-electron chi connectivity index (χ1n) is 11.4. The number of nitrogens with one attached hydrogen (secondary N) is 1. The van der Waals surface area contributed by atoms with Crippen LogP contribution in [0.3, 0.4) is 0 Å². The molecule has 1 aliphatic rings. The molecule has 0 aliphatic carbocycles. The number of hydrogen-bond acceptors (Lipinski definition) is 6. The van der Waals surface area contributed by atoms with Gasteiger partial charge in [-0.25, -0.2) is 9.67 Å².